The number of anilines is 1. The molecule has 2 aromatic rings. The van der Waals surface area contributed by atoms with Gasteiger partial charge in [-0.3, -0.25) is 4.79 Å². The minimum Gasteiger partial charge on any atom is -0.495 e. The van der Waals surface area contributed by atoms with Gasteiger partial charge in [-0.05, 0) is 61.4 Å². The highest BCUT2D eigenvalue weighted by atomic mass is 32.2. The average molecular weight is 477 g/mol. The number of amides is 1. The molecule has 1 atom stereocenters. The molecule has 0 saturated carbocycles. The van der Waals surface area contributed by atoms with Gasteiger partial charge in [0.1, 0.15) is 22.1 Å². The second kappa shape index (κ2) is 10.9. The van der Waals surface area contributed by atoms with Crippen LogP contribution >= 0.6 is 0 Å². The van der Waals surface area contributed by atoms with Gasteiger partial charge < -0.3 is 25.3 Å². The van der Waals surface area contributed by atoms with Crippen LogP contribution in [0, 0.1) is 0 Å². The molecule has 0 spiro atoms. The lowest BCUT2D eigenvalue weighted by atomic mass is 10.0. The third-order valence-corrected chi connectivity index (χ3v) is 6.92. The Hall–Kier alpha value is -2.78. The van der Waals surface area contributed by atoms with E-state index in [0.717, 1.165) is 30.4 Å². The zero-order valence-corrected chi connectivity index (χ0v) is 20.2. The summed E-state index contributed by atoms with van der Waals surface area (Å²) in [6, 6.07) is 8.46. The molecule has 3 N–H and O–H groups in total. The maximum absolute atomic E-state index is 12.2. The number of carbonyl (C=O) groups is 1. The van der Waals surface area contributed by atoms with Crippen LogP contribution in [0.3, 0.4) is 0 Å². The first-order valence-corrected chi connectivity index (χ1v) is 12.8. The lowest BCUT2D eigenvalue weighted by Crippen LogP contribution is -2.34. The number of nitrogens with one attached hydrogen (secondary N) is 1. The van der Waals surface area contributed by atoms with Crippen LogP contribution in [0.25, 0.3) is 0 Å². The Labute approximate surface area is 195 Å². The van der Waals surface area contributed by atoms with Gasteiger partial charge in [0, 0.05) is 6.07 Å². The highest BCUT2D eigenvalue weighted by Crippen LogP contribution is 2.38. The molecule has 0 bridgehead atoms. The van der Waals surface area contributed by atoms with E-state index in [2.05, 4.69) is 5.32 Å². The molecule has 3 rings (SSSR count). The molecule has 1 aliphatic heterocycles. The first-order chi connectivity index (χ1) is 15.8. The fourth-order valence-corrected chi connectivity index (χ4v) is 4.71. The summed E-state index contributed by atoms with van der Waals surface area (Å²) in [5.41, 5.74) is 8.37. The van der Waals surface area contributed by atoms with Gasteiger partial charge >= 0.3 is 0 Å². The van der Waals surface area contributed by atoms with Gasteiger partial charge in [-0.1, -0.05) is 19.9 Å². The minimum absolute atomic E-state index is 0.193. The van der Waals surface area contributed by atoms with Crippen LogP contribution in [0.1, 0.15) is 44.2 Å². The van der Waals surface area contributed by atoms with Crippen LogP contribution in [0.4, 0.5) is 5.69 Å². The molecule has 9 heteroatoms. The number of fused-ring (bicyclic) bond motifs is 1. The van der Waals surface area contributed by atoms with E-state index in [-0.39, 0.29) is 16.7 Å². The number of hydrogen-bond acceptors (Lipinski definition) is 7. The normalized spacial score (nSPS) is 14.8. The van der Waals surface area contributed by atoms with Crippen molar-refractivity contribution in [1.29, 1.82) is 0 Å². The Morgan fingerprint density at radius 3 is 2.67 bits per heavy atom. The molecule has 8 nitrogen and oxygen atoms in total. The van der Waals surface area contributed by atoms with E-state index in [1.807, 2.05) is 32.0 Å². The predicted molar refractivity (Wildman–Crippen MR) is 127 cm³/mol. The van der Waals surface area contributed by atoms with E-state index in [1.165, 1.54) is 0 Å². The van der Waals surface area contributed by atoms with Crippen molar-refractivity contribution in [1.82, 2.24) is 0 Å². The molecule has 0 fully saturated rings. The summed E-state index contributed by atoms with van der Waals surface area (Å²) < 4.78 is 40.9. The Kier molecular flexibility index (Phi) is 8.20. The standard InChI is InChI=1S/C24H32N2O6S/c1-4-11-31-21-14-23-22(32-15-33(23,28)29)13-17(21)8-6-7-16-9-10-20(30-3)19(12-16)26-24(27)18(25)5-2/h9-10,12-14,18H,4-8,11,15,25H2,1-3H3,(H,26,27)/t18-/m0/s1. The van der Waals surface area contributed by atoms with Gasteiger partial charge in [-0.2, -0.15) is 0 Å². The number of sulfone groups is 1. The fourth-order valence-electron chi connectivity index (χ4n) is 3.59. The number of benzene rings is 2. The van der Waals surface area contributed by atoms with Gasteiger partial charge in [0.25, 0.3) is 0 Å². The molecular weight excluding hydrogens is 444 g/mol. The van der Waals surface area contributed by atoms with E-state index >= 15 is 0 Å². The number of carbonyl (C=O) groups excluding carboxylic acids is 1. The van der Waals surface area contributed by atoms with Crippen LogP contribution in [-0.2, 0) is 27.5 Å². The number of rotatable bonds is 11. The van der Waals surface area contributed by atoms with E-state index in [4.69, 9.17) is 19.9 Å². The molecule has 1 amide bonds. The van der Waals surface area contributed by atoms with Crippen molar-refractivity contribution in [3.8, 4) is 17.2 Å². The number of methoxy groups -OCH3 is 1. The van der Waals surface area contributed by atoms with E-state index in [0.29, 0.717) is 42.4 Å². The number of hydrogen-bond donors (Lipinski definition) is 2. The van der Waals surface area contributed by atoms with Crippen molar-refractivity contribution >= 4 is 21.4 Å². The molecule has 0 aliphatic carbocycles. The summed E-state index contributed by atoms with van der Waals surface area (Å²) in [7, 11) is -1.87. The van der Waals surface area contributed by atoms with Crippen LogP contribution in [0.2, 0.25) is 0 Å². The van der Waals surface area contributed by atoms with Gasteiger partial charge in [0.2, 0.25) is 15.7 Å². The zero-order chi connectivity index (χ0) is 24.0. The zero-order valence-electron chi connectivity index (χ0n) is 19.3. The van der Waals surface area contributed by atoms with Crippen molar-refractivity contribution in [2.24, 2.45) is 5.73 Å². The molecule has 0 saturated heterocycles. The van der Waals surface area contributed by atoms with E-state index in [9.17, 15) is 13.2 Å². The predicted octanol–water partition coefficient (Wildman–Crippen LogP) is 3.46. The van der Waals surface area contributed by atoms with E-state index in [1.54, 1.807) is 19.2 Å². The highest BCUT2D eigenvalue weighted by molar-refractivity contribution is 7.91. The topological polar surface area (TPSA) is 117 Å². The van der Waals surface area contributed by atoms with Crippen molar-refractivity contribution < 1.29 is 27.4 Å². The molecule has 0 radical (unpaired) electrons. The van der Waals surface area contributed by atoms with Crippen LogP contribution < -0.4 is 25.3 Å². The summed E-state index contributed by atoms with van der Waals surface area (Å²) in [5.74, 6) is 0.957. The Morgan fingerprint density at radius 2 is 1.97 bits per heavy atom. The maximum Gasteiger partial charge on any atom is 0.241 e. The summed E-state index contributed by atoms with van der Waals surface area (Å²) in [5, 5.41) is 2.85. The van der Waals surface area contributed by atoms with Crippen molar-refractivity contribution in [3.63, 3.8) is 0 Å². The third-order valence-electron chi connectivity index (χ3n) is 5.50. The van der Waals surface area contributed by atoms with Crippen molar-refractivity contribution in [3.05, 3.63) is 41.5 Å². The van der Waals surface area contributed by atoms with Crippen molar-refractivity contribution in [2.75, 3.05) is 25.0 Å². The molecule has 1 aliphatic rings. The molecule has 0 aromatic heterocycles. The summed E-state index contributed by atoms with van der Waals surface area (Å²) in [4.78, 5) is 12.4. The van der Waals surface area contributed by atoms with Crippen LogP contribution in [0.15, 0.2) is 35.2 Å². The van der Waals surface area contributed by atoms with Crippen molar-refractivity contribution in [2.45, 2.75) is 56.9 Å². The smallest absolute Gasteiger partial charge is 0.241 e. The summed E-state index contributed by atoms with van der Waals surface area (Å²) in [6.45, 7) is 4.37. The van der Waals surface area contributed by atoms with Gasteiger partial charge in [-0.15, -0.1) is 0 Å². The Balaban J connectivity index is 1.73. The fraction of sp³-hybridized carbons (Fsp3) is 0.458. The monoisotopic (exact) mass is 476 g/mol. The quantitative estimate of drug-likeness (QED) is 0.510. The van der Waals surface area contributed by atoms with Crippen LogP contribution in [-0.4, -0.2) is 40.0 Å². The first-order valence-electron chi connectivity index (χ1n) is 11.2. The van der Waals surface area contributed by atoms with Gasteiger partial charge in [0.05, 0.1) is 25.4 Å². The molecule has 180 valence electrons. The molecule has 33 heavy (non-hydrogen) atoms. The second-order valence-corrected chi connectivity index (χ2v) is 9.93. The van der Waals surface area contributed by atoms with Crippen LogP contribution in [0.5, 0.6) is 17.2 Å². The SMILES string of the molecule is CCCOc1cc2c(cc1CCCc1ccc(OC)c(NC(=O)[C@@H](N)CC)c1)OCS2(=O)=O. The van der Waals surface area contributed by atoms with Gasteiger partial charge in [0.15, 0.2) is 5.94 Å². The molecule has 2 aromatic carbocycles. The highest BCUT2D eigenvalue weighted by Gasteiger charge is 2.30. The van der Waals surface area contributed by atoms with E-state index < -0.39 is 15.9 Å². The second-order valence-electron chi connectivity index (χ2n) is 8.02. The maximum atomic E-state index is 12.2. The minimum atomic E-state index is -3.42. The molecular formula is C24H32N2O6S. The lowest BCUT2D eigenvalue weighted by molar-refractivity contribution is -0.117. The summed E-state index contributed by atoms with van der Waals surface area (Å²) >= 11 is 0. The largest absolute Gasteiger partial charge is 0.495 e. The first kappa shape index (κ1) is 24.9. The number of nitrogens with two attached hydrogens (primary N) is 1. The Morgan fingerprint density at radius 1 is 1.18 bits per heavy atom. The molecule has 1 heterocycles. The lowest BCUT2D eigenvalue weighted by Gasteiger charge is -2.15. The Bertz CT molecular complexity index is 1100. The van der Waals surface area contributed by atoms with Gasteiger partial charge in [-0.25, -0.2) is 8.42 Å². The molecule has 0 unspecified atom stereocenters. The summed E-state index contributed by atoms with van der Waals surface area (Å²) in [6.07, 6.45) is 3.59. The third kappa shape index (κ3) is 5.97. The average Bonchev–Trinajstić information content (AvgIpc) is 3.10. The number of ether oxygens (including phenoxy) is 3. The number of aryl methyl sites for hydroxylation is 2.